The van der Waals surface area contributed by atoms with Crippen LogP contribution in [0.2, 0.25) is 0 Å². The van der Waals surface area contributed by atoms with Crippen LogP contribution >= 0.6 is 11.5 Å². The van der Waals surface area contributed by atoms with Crippen molar-refractivity contribution in [1.29, 1.82) is 0 Å². The lowest BCUT2D eigenvalue weighted by molar-refractivity contribution is -0.140. The Morgan fingerprint density at radius 1 is 1.09 bits per heavy atom. The molecule has 4 aromatic rings. The van der Waals surface area contributed by atoms with Crippen molar-refractivity contribution in [2.75, 3.05) is 12.4 Å². The highest BCUT2D eigenvalue weighted by Crippen LogP contribution is 2.24. The van der Waals surface area contributed by atoms with E-state index in [0.717, 1.165) is 27.2 Å². The second-order valence-corrected chi connectivity index (χ2v) is 8.18. The molecule has 7 nitrogen and oxygen atoms in total. The Hall–Kier alpha value is -3.65. The molecule has 4 rings (SSSR count). The largest absolute Gasteiger partial charge is 0.469 e. The number of nitrogens with zero attached hydrogens (tertiary/aromatic N) is 3. The number of hydrogen-bond donors (Lipinski definition) is 1. The van der Waals surface area contributed by atoms with E-state index in [0.29, 0.717) is 36.2 Å². The first-order valence-corrected chi connectivity index (χ1v) is 10.9. The first kappa shape index (κ1) is 21.6. The fourth-order valence-electron chi connectivity index (χ4n) is 3.42. The Kier molecular flexibility index (Phi) is 6.51. The summed E-state index contributed by atoms with van der Waals surface area (Å²) in [6, 6.07) is 15.2. The molecule has 0 aliphatic carbocycles. The van der Waals surface area contributed by atoms with Crippen molar-refractivity contribution in [1.82, 2.24) is 14.3 Å². The van der Waals surface area contributed by atoms with Gasteiger partial charge in [0.1, 0.15) is 0 Å². The van der Waals surface area contributed by atoms with Crippen LogP contribution in [0.5, 0.6) is 0 Å². The van der Waals surface area contributed by atoms with Crippen LogP contribution in [0.4, 0.5) is 5.69 Å². The Labute approximate surface area is 189 Å². The van der Waals surface area contributed by atoms with Crippen LogP contribution in [-0.4, -0.2) is 33.3 Å². The van der Waals surface area contributed by atoms with Gasteiger partial charge in [-0.25, -0.2) is 4.98 Å². The van der Waals surface area contributed by atoms with Gasteiger partial charge in [-0.2, -0.15) is 4.37 Å². The third-order valence-electron chi connectivity index (χ3n) is 5.03. The molecular weight excluding hydrogens is 424 g/mol. The number of methoxy groups -OCH3 is 1. The summed E-state index contributed by atoms with van der Waals surface area (Å²) >= 11 is 1.30. The zero-order valence-corrected chi connectivity index (χ0v) is 18.6. The van der Waals surface area contributed by atoms with Gasteiger partial charge in [0.2, 0.25) is 0 Å². The molecule has 1 amide bonds. The van der Waals surface area contributed by atoms with E-state index in [-0.39, 0.29) is 11.9 Å². The van der Waals surface area contributed by atoms with Crippen molar-refractivity contribution in [2.45, 2.75) is 26.2 Å². The van der Waals surface area contributed by atoms with Gasteiger partial charge < -0.3 is 10.1 Å². The zero-order valence-electron chi connectivity index (χ0n) is 17.8. The number of para-hydroxylation sites is 2. The number of carbonyl (C=O) groups is 2. The fourth-order valence-corrected chi connectivity index (χ4v) is 4.30. The maximum absolute atomic E-state index is 13.1. The normalized spacial score (nSPS) is 10.8. The highest BCUT2D eigenvalue weighted by atomic mass is 32.1. The van der Waals surface area contributed by atoms with E-state index >= 15 is 0 Å². The molecule has 0 aliphatic rings. The van der Waals surface area contributed by atoms with Crippen molar-refractivity contribution >= 4 is 40.1 Å². The van der Waals surface area contributed by atoms with E-state index < -0.39 is 0 Å². The summed E-state index contributed by atoms with van der Waals surface area (Å²) in [6.45, 7) is 1.83. The molecule has 0 unspecified atom stereocenters. The van der Waals surface area contributed by atoms with E-state index in [1.807, 2.05) is 55.5 Å². The molecule has 0 fully saturated rings. The third kappa shape index (κ3) is 4.97. The standard InChI is InChI=1S/C24H22N4O3S/c1-15-23(24(30)27-17-7-5-6-16(12-17)10-11-22(29)31-2)21(32-28-15)13-18-14-25-19-8-3-4-9-20(19)26-18/h3-9,12,14H,10-11,13H2,1-2H3,(H,27,30). The summed E-state index contributed by atoms with van der Waals surface area (Å²) in [7, 11) is 1.37. The third-order valence-corrected chi connectivity index (χ3v) is 5.96. The maximum Gasteiger partial charge on any atom is 0.305 e. The average molecular weight is 447 g/mol. The van der Waals surface area contributed by atoms with Crippen LogP contribution in [-0.2, 0) is 22.4 Å². The minimum Gasteiger partial charge on any atom is -0.469 e. The van der Waals surface area contributed by atoms with E-state index in [2.05, 4.69) is 19.7 Å². The average Bonchev–Trinajstić information content (AvgIpc) is 3.17. The number of hydrogen-bond acceptors (Lipinski definition) is 7. The van der Waals surface area contributed by atoms with Gasteiger partial charge in [-0.15, -0.1) is 0 Å². The van der Waals surface area contributed by atoms with Crippen molar-refractivity contribution in [2.24, 2.45) is 0 Å². The van der Waals surface area contributed by atoms with Gasteiger partial charge in [0, 0.05) is 29.6 Å². The molecule has 32 heavy (non-hydrogen) atoms. The number of aromatic nitrogens is 3. The second-order valence-electron chi connectivity index (χ2n) is 7.32. The lowest BCUT2D eigenvalue weighted by Crippen LogP contribution is -2.15. The molecule has 8 heteroatoms. The summed E-state index contributed by atoms with van der Waals surface area (Å²) in [6.07, 6.45) is 3.05. The van der Waals surface area contributed by atoms with E-state index in [4.69, 9.17) is 4.74 Å². The minimum absolute atomic E-state index is 0.217. The molecule has 0 saturated heterocycles. The highest BCUT2D eigenvalue weighted by molar-refractivity contribution is 7.06. The SMILES string of the molecule is COC(=O)CCc1cccc(NC(=O)c2c(C)nsc2Cc2cnc3ccccc3n2)c1. The minimum atomic E-state index is -0.263. The monoisotopic (exact) mass is 446 g/mol. The van der Waals surface area contributed by atoms with E-state index in [9.17, 15) is 9.59 Å². The fraction of sp³-hybridized carbons (Fsp3) is 0.208. The number of fused-ring (bicyclic) bond motifs is 1. The predicted octanol–water partition coefficient (Wildman–Crippen LogP) is 4.34. The van der Waals surface area contributed by atoms with Gasteiger partial charge in [-0.1, -0.05) is 24.3 Å². The summed E-state index contributed by atoms with van der Waals surface area (Å²) in [5, 5.41) is 2.96. The predicted molar refractivity (Wildman–Crippen MR) is 124 cm³/mol. The Morgan fingerprint density at radius 2 is 1.91 bits per heavy atom. The molecule has 0 atom stereocenters. The molecule has 162 valence electrons. The van der Waals surface area contributed by atoms with Gasteiger partial charge in [0.05, 0.1) is 35.1 Å². The van der Waals surface area contributed by atoms with Gasteiger partial charge in [0.25, 0.3) is 5.91 Å². The van der Waals surface area contributed by atoms with Crippen LogP contribution in [0.3, 0.4) is 0 Å². The summed E-state index contributed by atoms with van der Waals surface area (Å²) < 4.78 is 9.09. The highest BCUT2D eigenvalue weighted by Gasteiger charge is 2.19. The topological polar surface area (TPSA) is 94.1 Å². The Bertz CT molecular complexity index is 1290. The van der Waals surface area contributed by atoms with Crippen molar-refractivity contribution < 1.29 is 14.3 Å². The van der Waals surface area contributed by atoms with Crippen molar-refractivity contribution in [3.63, 3.8) is 0 Å². The van der Waals surface area contributed by atoms with E-state index in [1.54, 1.807) is 6.20 Å². The Morgan fingerprint density at radius 3 is 2.72 bits per heavy atom. The smallest absolute Gasteiger partial charge is 0.305 e. The molecule has 0 bridgehead atoms. The Balaban J connectivity index is 1.51. The molecular formula is C24H22N4O3S. The number of esters is 1. The number of rotatable bonds is 7. The number of carbonyl (C=O) groups excluding carboxylic acids is 2. The number of benzene rings is 2. The summed E-state index contributed by atoms with van der Waals surface area (Å²) in [5.74, 6) is -0.481. The number of nitrogens with one attached hydrogen (secondary N) is 1. The van der Waals surface area contributed by atoms with Crippen LogP contribution in [0, 0.1) is 6.92 Å². The molecule has 2 heterocycles. The van der Waals surface area contributed by atoms with Gasteiger partial charge in [-0.05, 0) is 54.7 Å². The van der Waals surface area contributed by atoms with Crippen LogP contribution < -0.4 is 5.32 Å². The molecule has 2 aromatic heterocycles. The summed E-state index contributed by atoms with van der Waals surface area (Å²) in [5.41, 5.74) is 5.29. The lowest BCUT2D eigenvalue weighted by Gasteiger charge is -2.09. The van der Waals surface area contributed by atoms with Gasteiger partial charge >= 0.3 is 5.97 Å². The van der Waals surface area contributed by atoms with Crippen LogP contribution in [0.25, 0.3) is 11.0 Å². The molecule has 1 N–H and O–H groups in total. The number of anilines is 1. The second kappa shape index (κ2) is 9.65. The van der Waals surface area contributed by atoms with Crippen molar-refractivity contribution in [3.8, 4) is 0 Å². The molecule has 0 radical (unpaired) electrons. The molecule has 2 aromatic carbocycles. The molecule has 0 aliphatic heterocycles. The first-order valence-electron chi connectivity index (χ1n) is 10.2. The number of amides is 1. The molecule has 0 saturated carbocycles. The van der Waals surface area contributed by atoms with Gasteiger partial charge in [-0.3, -0.25) is 14.6 Å². The van der Waals surface area contributed by atoms with E-state index in [1.165, 1.54) is 18.6 Å². The first-order chi connectivity index (χ1) is 15.5. The number of ether oxygens (including phenoxy) is 1. The van der Waals surface area contributed by atoms with Crippen molar-refractivity contribution in [3.05, 3.63) is 82.1 Å². The quantitative estimate of drug-likeness (QED) is 0.424. The summed E-state index contributed by atoms with van der Waals surface area (Å²) in [4.78, 5) is 34.4. The van der Waals surface area contributed by atoms with Crippen LogP contribution in [0.1, 0.15) is 38.6 Å². The lowest BCUT2D eigenvalue weighted by atomic mass is 10.1. The maximum atomic E-state index is 13.1. The molecule has 0 spiro atoms. The number of aryl methyl sites for hydroxylation is 2. The van der Waals surface area contributed by atoms with Gasteiger partial charge in [0.15, 0.2) is 0 Å². The van der Waals surface area contributed by atoms with Crippen LogP contribution in [0.15, 0.2) is 54.7 Å². The zero-order chi connectivity index (χ0) is 22.5.